The predicted molar refractivity (Wildman–Crippen MR) is 74.7 cm³/mol. The van der Waals surface area contributed by atoms with Gasteiger partial charge in [-0.3, -0.25) is 0 Å². The molecule has 0 aromatic carbocycles. The molecule has 0 spiro atoms. The van der Waals surface area contributed by atoms with Crippen LogP contribution in [0.15, 0.2) is 18.5 Å². The fraction of sp³-hybridized carbons (Fsp3) is 0.462. The lowest BCUT2D eigenvalue weighted by Gasteiger charge is -2.20. The molecule has 1 unspecified atom stereocenters. The Morgan fingerprint density at radius 3 is 3.05 bits per heavy atom. The maximum absolute atomic E-state index is 5.78. The smallest absolute Gasteiger partial charge is 0.228 e. The fourth-order valence-corrected chi connectivity index (χ4v) is 3.34. The first-order chi connectivity index (χ1) is 9.36. The molecule has 0 saturated carbocycles. The number of nitrogens with zero attached hydrogens (tertiary/aromatic N) is 3. The molecule has 5 nitrogen and oxygen atoms in total. The largest absolute Gasteiger partial charge is 0.373 e. The topological polar surface area (TPSA) is 59.9 Å². The van der Waals surface area contributed by atoms with Crippen LogP contribution in [0.5, 0.6) is 0 Å². The standard InChI is InChI=1S/C13H16N4OS/c1-2-18-10-6-3-5-9-11(10)19-13(16-9)17-12-14-7-4-8-15-12/h4,7-8,10H,2-3,5-6H2,1H3,(H,14,15,16,17). The van der Waals surface area contributed by atoms with Crippen LogP contribution in [0.25, 0.3) is 0 Å². The fourth-order valence-electron chi connectivity index (χ4n) is 2.25. The van der Waals surface area contributed by atoms with Crippen LogP contribution in [0.3, 0.4) is 0 Å². The molecule has 1 N–H and O–H groups in total. The van der Waals surface area contributed by atoms with Crippen molar-refractivity contribution in [1.82, 2.24) is 15.0 Å². The summed E-state index contributed by atoms with van der Waals surface area (Å²) in [5.74, 6) is 0.585. The number of aromatic nitrogens is 3. The lowest BCUT2D eigenvalue weighted by molar-refractivity contribution is 0.0524. The summed E-state index contributed by atoms with van der Waals surface area (Å²) in [6.45, 7) is 2.78. The molecule has 3 rings (SSSR count). The van der Waals surface area contributed by atoms with E-state index in [0.29, 0.717) is 5.95 Å². The molecule has 0 bridgehead atoms. The zero-order valence-corrected chi connectivity index (χ0v) is 11.6. The summed E-state index contributed by atoms with van der Waals surface area (Å²) >= 11 is 1.65. The van der Waals surface area contributed by atoms with Crippen LogP contribution >= 0.6 is 11.3 Å². The number of anilines is 2. The first-order valence-corrected chi connectivity index (χ1v) is 7.33. The highest BCUT2D eigenvalue weighted by molar-refractivity contribution is 7.15. The van der Waals surface area contributed by atoms with Crippen LogP contribution in [0, 0.1) is 0 Å². The average molecular weight is 276 g/mol. The van der Waals surface area contributed by atoms with Crippen molar-refractivity contribution in [3.63, 3.8) is 0 Å². The van der Waals surface area contributed by atoms with E-state index in [0.717, 1.165) is 36.7 Å². The van der Waals surface area contributed by atoms with Gasteiger partial charge in [0.05, 0.1) is 16.7 Å². The van der Waals surface area contributed by atoms with Crippen molar-refractivity contribution in [2.24, 2.45) is 0 Å². The first-order valence-electron chi connectivity index (χ1n) is 6.52. The Bertz CT molecular complexity index is 543. The van der Waals surface area contributed by atoms with Crippen LogP contribution in [0.2, 0.25) is 0 Å². The van der Waals surface area contributed by atoms with Crippen molar-refractivity contribution in [2.45, 2.75) is 32.3 Å². The normalized spacial score (nSPS) is 18.1. The summed E-state index contributed by atoms with van der Waals surface area (Å²) in [6, 6.07) is 1.79. The summed E-state index contributed by atoms with van der Waals surface area (Å²) in [6.07, 6.45) is 6.90. The van der Waals surface area contributed by atoms with Gasteiger partial charge in [0.1, 0.15) is 0 Å². The minimum Gasteiger partial charge on any atom is -0.373 e. The Labute approximate surface area is 116 Å². The number of aryl methyl sites for hydroxylation is 1. The molecular formula is C13H16N4OS. The van der Waals surface area contributed by atoms with Gasteiger partial charge in [-0.25, -0.2) is 15.0 Å². The molecule has 0 amide bonds. The molecule has 2 heterocycles. The van der Waals surface area contributed by atoms with E-state index < -0.39 is 0 Å². The second-order valence-corrected chi connectivity index (χ2v) is 5.39. The van der Waals surface area contributed by atoms with Crippen molar-refractivity contribution in [2.75, 3.05) is 11.9 Å². The minimum atomic E-state index is 0.207. The number of nitrogens with one attached hydrogen (secondary N) is 1. The highest BCUT2D eigenvalue weighted by Crippen LogP contribution is 2.38. The molecule has 0 aliphatic heterocycles. The van der Waals surface area contributed by atoms with Crippen molar-refractivity contribution in [3.8, 4) is 0 Å². The van der Waals surface area contributed by atoms with Crippen molar-refractivity contribution in [3.05, 3.63) is 29.0 Å². The van der Waals surface area contributed by atoms with Gasteiger partial charge < -0.3 is 10.1 Å². The lowest BCUT2D eigenvalue weighted by atomic mass is 10.0. The molecule has 0 radical (unpaired) electrons. The molecule has 0 fully saturated rings. The zero-order valence-electron chi connectivity index (χ0n) is 10.8. The van der Waals surface area contributed by atoms with E-state index in [1.54, 1.807) is 29.8 Å². The Morgan fingerprint density at radius 1 is 1.42 bits per heavy atom. The summed E-state index contributed by atoms with van der Waals surface area (Å²) in [7, 11) is 0. The Kier molecular flexibility index (Phi) is 3.70. The monoisotopic (exact) mass is 276 g/mol. The van der Waals surface area contributed by atoms with Gasteiger partial charge in [-0.1, -0.05) is 11.3 Å². The number of hydrogen-bond donors (Lipinski definition) is 1. The molecular weight excluding hydrogens is 260 g/mol. The Morgan fingerprint density at radius 2 is 2.26 bits per heavy atom. The third-order valence-electron chi connectivity index (χ3n) is 3.05. The summed E-state index contributed by atoms with van der Waals surface area (Å²) in [5, 5.41) is 4.00. The number of hydrogen-bond acceptors (Lipinski definition) is 6. The van der Waals surface area contributed by atoms with Gasteiger partial charge in [0, 0.05) is 19.0 Å². The maximum Gasteiger partial charge on any atom is 0.228 e. The average Bonchev–Trinajstić information content (AvgIpc) is 2.84. The molecule has 1 atom stereocenters. The molecule has 0 saturated heterocycles. The molecule has 1 aliphatic carbocycles. The van der Waals surface area contributed by atoms with Crippen molar-refractivity contribution >= 4 is 22.4 Å². The van der Waals surface area contributed by atoms with Gasteiger partial charge in [-0.2, -0.15) is 0 Å². The van der Waals surface area contributed by atoms with E-state index in [1.807, 2.05) is 6.92 Å². The van der Waals surface area contributed by atoms with Crippen LogP contribution in [-0.4, -0.2) is 21.6 Å². The minimum absolute atomic E-state index is 0.207. The zero-order chi connectivity index (χ0) is 13.1. The lowest BCUT2D eigenvalue weighted by Crippen LogP contribution is -2.10. The first kappa shape index (κ1) is 12.5. The van der Waals surface area contributed by atoms with Gasteiger partial charge in [0.25, 0.3) is 0 Å². The molecule has 2 aromatic rings. The predicted octanol–water partition coefficient (Wildman–Crippen LogP) is 3.09. The third kappa shape index (κ3) is 2.74. The van der Waals surface area contributed by atoms with E-state index in [4.69, 9.17) is 4.74 Å². The van der Waals surface area contributed by atoms with Gasteiger partial charge in [0.15, 0.2) is 5.13 Å². The number of fused-ring (bicyclic) bond motifs is 1. The second kappa shape index (κ2) is 5.63. The van der Waals surface area contributed by atoms with Crippen LogP contribution in [-0.2, 0) is 11.2 Å². The molecule has 2 aromatic heterocycles. The molecule has 19 heavy (non-hydrogen) atoms. The van der Waals surface area contributed by atoms with Gasteiger partial charge >= 0.3 is 0 Å². The summed E-state index contributed by atoms with van der Waals surface area (Å²) in [4.78, 5) is 14.2. The number of ether oxygens (including phenoxy) is 1. The second-order valence-electron chi connectivity index (χ2n) is 4.36. The Balaban J connectivity index is 1.81. The van der Waals surface area contributed by atoms with Crippen molar-refractivity contribution in [1.29, 1.82) is 0 Å². The van der Waals surface area contributed by atoms with E-state index in [2.05, 4.69) is 20.3 Å². The van der Waals surface area contributed by atoms with E-state index in [9.17, 15) is 0 Å². The highest BCUT2D eigenvalue weighted by Gasteiger charge is 2.25. The number of thiazole rings is 1. The summed E-state index contributed by atoms with van der Waals surface area (Å²) in [5.41, 5.74) is 1.16. The molecule has 100 valence electrons. The molecule has 6 heteroatoms. The van der Waals surface area contributed by atoms with E-state index in [1.165, 1.54) is 4.88 Å². The van der Waals surface area contributed by atoms with Crippen molar-refractivity contribution < 1.29 is 4.74 Å². The van der Waals surface area contributed by atoms with Crippen LogP contribution in [0.4, 0.5) is 11.1 Å². The van der Waals surface area contributed by atoms with E-state index in [-0.39, 0.29) is 6.10 Å². The van der Waals surface area contributed by atoms with Gasteiger partial charge in [-0.15, -0.1) is 0 Å². The van der Waals surface area contributed by atoms with Crippen LogP contribution in [0.1, 0.15) is 36.4 Å². The van der Waals surface area contributed by atoms with Gasteiger partial charge in [-0.05, 0) is 32.3 Å². The maximum atomic E-state index is 5.78. The van der Waals surface area contributed by atoms with Gasteiger partial charge in [0.2, 0.25) is 5.95 Å². The highest BCUT2D eigenvalue weighted by atomic mass is 32.1. The van der Waals surface area contributed by atoms with Crippen LogP contribution < -0.4 is 5.32 Å². The molecule has 1 aliphatic rings. The Hall–Kier alpha value is -1.53. The quantitative estimate of drug-likeness (QED) is 0.929. The number of rotatable bonds is 4. The third-order valence-corrected chi connectivity index (χ3v) is 4.16. The SMILES string of the molecule is CCOC1CCCc2nc(Nc3ncccn3)sc21. The summed E-state index contributed by atoms with van der Waals surface area (Å²) < 4.78 is 5.78. The van der Waals surface area contributed by atoms with E-state index >= 15 is 0 Å².